The van der Waals surface area contributed by atoms with Crippen molar-refractivity contribution < 1.29 is 4.80 Å². The van der Waals surface area contributed by atoms with Crippen LogP contribution in [0.4, 0.5) is 0 Å². The first-order valence-electron chi connectivity index (χ1n) is 3.46. The summed E-state index contributed by atoms with van der Waals surface area (Å²) in [4.78, 5) is 8.80. The summed E-state index contributed by atoms with van der Waals surface area (Å²) >= 11 is 0. The maximum atomic E-state index is 8.80. The van der Waals surface area contributed by atoms with Gasteiger partial charge in [0.1, 0.15) is 0 Å². The summed E-state index contributed by atoms with van der Waals surface area (Å²) in [6.45, 7) is 4.33. The highest BCUT2D eigenvalue weighted by Gasteiger charge is 2.01. The third-order valence-corrected chi connectivity index (χ3v) is 3.03. The van der Waals surface area contributed by atoms with E-state index in [4.69, 9.17) is 4.80 Å². The van der Waals surface area contributed by atoms with Crippen LogP contribution in [-0.4, -0.2) is 14.6 Å². The predicted molar refractivity (Wildman–Crippen MR) is 39.7 cm³/mol. The van der Waals surface area contributed by atoms with Gasteiger partial charge in [0, 0.05) is 0 Å². The molecule has 0 saturated heterocycles. The lowest BCUT2D eigenvalue weighted by molar-refractivity contribution is 0.552. The van der Waals surface area contributed by atoms with Crippen molar-refractivity contribution in [3.63, 3.8) is 0 Å². The van der Waals surface area contributed by atoms with Gasteiger partial charge in [-0.1, -0.05) is 33.1 Å². The van der Waals surface area contributed by atoms with E-state index in [0.29, 0.717) is 5.54 Å². The van der Waals surface area contributed by atoms with Crippen LogP contribution in [0.25, 0.3) is 0 Å². The first-order chi connectivity index (χ1) is 3.85. The molecule has 8 heavy (non-hydrogen) atoms. The van der Waals surface area contributed by atoms with E-state index in [1.165, 1.54) is 19.3 Å². The quantitative estimate of drug-likeness (QED) is 0.567. The molecule has 0 spiro atoms. The lowest BCUT2D eigenvalue weighted by atomic mass is 10.2. The maximum absolute atomic E-state index is 8.80. The summed E-state index contributed by atoms with van der Waals surface area (Å²) in [5.41, 5.74) is 0.694. The molecule has 0 rings (SSSR count). The summed E-state index contributed by atoms with van der Waals surface area (Å²) in [5, 5.41) is 0. The normalized spacial score (nSPS) is 15.4. The van der Waals surface area contributed by atoms with Gasteiger partial charge in [-0.25, -0.2) is 0 Å². The molecule has 1 unspecified atom stereocenters. The topological polar surface area (TPSA) is 20.2 Å². The minimum Gasteiger partial charge on any atom is -0.438 e. The van der Waals surface area contributed by atoms with Crippen LogP contribution in [0.3, 0.4) is 0 Å². The molecular weight excluding hydrogens is 116 g/mol. The number of hydrogen-bond donors (Lipinski definition) is 1. The summed E-state index contributed by atoms with van der Waals surface area (Å²) < 4.78 is 0. The Morgan fingerprint density at radius 1 is 1.50 bits per heavy atom. The van der Waals surface area contributed by atoms with E-state index in [0.717, 1.165) is 0 Å². The van der Waals surface area contributed by atoms with Crippen LogP contribution in [0, 0.1) is 0 Å². The zero-order valence-corrected chi connectivity index (χ0v) is 7.27. The van der Waals surface area contributed by atoms with Crippen molar-refractivity contribution in [1.29, 1.82) is 0 Å². The second-order valence-corrected chi connectivity index (χ2v) is 3.77. The summed E-state index contributed by atoms with van der Waals surface area (Å²) in [7, 11) is -0.683. The average Bonchev–Trinajstić information content (AvgIpc) is 1.83. The van der Waals surface area contributed by atoms with Crippen LogP contribution in [0.1, 0.15) is 33.1 Å². The molecule has 1 N–H and O–H groups in total. The molecule has 0 saturated carbocycles. The van der Waals surface area contributed by atoms with Gasteiger partial charge in [0.25, 0.3) is 0 Å². The predicted octanol–water partition coefficient (Wildman–Crippen LogP) is 1.06. The highest BCUT2D eigenvalue weighted by molar-refractivity contribution is 6.27. The van der Waals surface area contributed by atoms with E-state index in [1.807, 2.05) is 0 Å². The molecule has 0 amide bonds. The van der Waals surface area contributed by atoms with E-state index in [2.05, 4.69) is 13.8 Å². The van der Waals surface area contributed by atoms with E-state index in [9.17, 15) is 0 Å². The molecule has 50 valence electrons. The van der Waals surface area contributed by atoms with E-state index in [1.54, 1.807) is 0 Å². The molecule has 0 radical (unpaired) electrons. The van der Waals surface area contributed by atoms with E-state index < -0.39 is 9.76 Å². The molecular formula is C6H16OSi. The Bertz CT molecular complexity index is 43.8. The van der Waals surface area contributed by atoms with Crippen molar-refractivity contribution >= 4 is 9.76 Å². The maximum Gasteiger partial charge on any atom is 0.159 e. The zero-order valence-electron chi connectivity index (χ0n) is 5.85. The van der Waals surface area contributed by atoms with Crippen molar-refractivity contribution in [3.05, 3.63) is 0 Å². The molecule has 1 nitrogen and oxygen atoms in total. The molecule has 0 aliphatic rings. The molecule has 1 atom stereocenters. The van der Waals surface area contributed by atoms with Gasteiger partial charge >= 0.3 is 0 Å². The van der Waals surface area contributed by atoms with Crippen LogP contribution >= 0.6 is 0 Å². The molecule has 0 aliphatic heterocycles. The lowest BCUT2D eigenvalue weighted by Gasteiger charge is -2.06. The SMILES string of the molecule is CCCC(CC)[SiH2]O. The molecule has 0 aromatic heterocycles. The average molecular weight is 132 g/mol. The Morgan fingerprint density at radius 2 is 2.12 bits per heavy atom. The number of rotatable bonds is 4. The van der Waals surface area contributed by atoms with Crippen molar-refractivity contribution in [2.75, 3.05) is 0 Å². The molecule has 2 heteroatoms. The van der Waals surface area contributed by atoms with Gasteiger partial charge in [0.2, 0.25) is 0 Å². The van der Waals surface area contributed by atoms with Gasteiger partial charge in [0.05, 0.1) is 0 Å². The minimum absolute atomic E-state index is 0.683. The smallest absolute Gasteiger partial charge is 0.159 e. The molecule has 0 bridgehead atoms. The monoisotopic (exact) mass is 132 g/mol. The van der Waals surface area contributed by atoms with Gasteiger partial charge in [-0.3, -0.25) is 0 Å². The lowest BCUT2D eigenvalue weighted by Crippen LogP contribution is -2.00. The highest BCUT2D eigenvalue weighted by Crippen LogP contribution is 2.13. The Morgan fingerprint density at radius 3 is 2.25 bits per heavy atom. The standard InChI is InChI=1S/C6H16OSi/c1-3-5-6(4-2)8-7/h6-7H,3-5,8H2,1-2H3. The van der Waals surface area contributed by atoms with Crippen molar-refractivity contribution in [3.8, 4) is 0 Å². The van der Waals surface area contributed by atoms with Gasteiger partial charge in [-0.2, -0.15) is 0 Å². The Labute approximate surface area is 54.1 Å². The Hall–Kier alpha value is 0.177. The van der Waals surface area contributed by atoms with Crippen LogP contribution in [-0.2, 0) is 0 Å². The summed E-state index contributed by atoms with van der Waals surface area (Å²) in [6.07, 6.45) is 3.64. The van der Waals surface area contributed by atoms with Gasteiger partial charge in [0.15, 0.2) is 9.76 Å². The second-order valence-electron chi connectivity index (χ2n) is 2.25. The van der Waals surface area contributed by atoms with Crippen LogP contribution in [0.5, 0.6) is 0 Å². The largest absolute Gasteiger partial charge is 0.438 e. The second kappa shape index (κ2) is 5.32. The first kappa shape index (κ1) is 8.18. The Balaban J connectivity index is 3.07. The van der Waals surface area contributed by atoms with Crippen LogP contribution < -0.4 is 0 Å². The Kier molecular flexibility index (Phi) is 5.43. The zero-order chi connectivity index (χ0) is 6.41. The van der Waals surface area contributed by atoms with Crippen molar-refractivity contribution in [2.45, 2.75) is 38.7 Å². The summed E-state index contributed by atoms with van der Waals surface area (Å²) in [5.74, 6) is 0. The molecule has 0 fully saturated rings. The van der Waals surface area contributed by atoms with E-state index in [-0.39, 0.29) is 0 Å². The van der Waals surface area contributed by atoms with Crippen molar-refractivity contribution in [2.24, 2.45) is 0 Å². The molecule has 0 aliphatic carbocycles. The van der Waals surface area contributed by atoms with Gasteiger partial charge in [-0.15, -0.1) is 0 Å². The summed E-state index contributed by atoms with van der Waals surface area (Å²) in [6, 6.07) is 0. The fourth-order valence-corrected chi connectivity index (χ4v) is 1.68. The fraction of sp³-hybridized carbons (Fsp3) is 1.00. The highest BCUT2D eigenvalue weighted by atomic mass is 28.2. The van der Waals surface area contributed by atoms with Crippen LogP contribution in [0.2, 0.25) is 5.54 Å². The van der Waals surface area contributed by atoms with E-state index >= 15 is 0 Å². The molecule has 0 heterocycles. The fourth-order valence-electron chi connectivity index (χ4n) is 0.833. The minimum atomic E-state index is -0.683. The first-order valence-corrected chi connectivity index (χ1v) is 4.90. The third kappa shape index (κ3) is 3.21. The van der Waals surface area contributed by atoms with Gasteiger partial charge < -0.3 is 4.80 Å². The third-order valence-electron chi connectivity index (χ3n) is 1.53. The van der Waals surface area contributed by atoms with Gasteiger partial charge in [-0.05, 0) is 5.54 Å². The number of hydrogen-bond acceptors (Lipinski definition) is 1. The molecule has 0 aromatic rings. The van der Waals surface area contributed by atoms with Crippen molar-refractivity contribution in [1.82, 2.24) is 0 Å². The molecule has 0 aromatic carbocycles. The van der Waals surface area contributed by atoms with Crippen LogP contribution in [0.15, 0.2) is 0 Å².